The SMILES string of the molecule is O=C(O)c1ccc(CNC(=O)N2CCN(CC(F)(F)F)C(=O)C2)cc1. The molecule has 1 aromatic rings. The maximum atomic E-state index is 12.3. The van der Waals surface area contributed by atoms with Crippen LogP contribution in [0.5, 0.6) is 0 Å². The first-order valence-corrected chi connectivity index (χ1v) is 7.35. The third-order valence-electron chi connectivity index (χ3n) is 3.62. The summed E-state index contributed by atoms with van der Waals surface area (Å²) in [6.07, 6.45) is -4.47. The minimum atomic E-state index is -4.47. The summed E-state index contributed by atoms with van der Waals surface area (Å²) in [6, 6.07) is 5.29. The molecular formula is C15H16F3N3O4. The van der Waals surface area contributed by atoms with Gasteiger partial charge in [-0.3, -0.25) is 4.79 Å². The van der Waals surface area contributed by atoms with Crippen LogP contribution in [-0.2, 0) is 11.3 Å². The second kappa shape index (κ2) is 7.41. The smallest absolute Gasteiger partial charge is 0.406 e. The number of carboxylic acid groups (broad SMARTS) is 1. The highest BCUT2D eigenvalue weighted by Gasteiger charge is 2.36. The molecule has 10 heteroatoms. The summed E-state index contributed by atoms with van der Waals surface area (Å²) in [4.78, 5) is 36.3. The molecule has 1 fully saturated rings. The van der Waals surface area contributed by atoms with Gasteiger partial charge in [-0.2, -0.15) is 13.2 Å². The number of urea groups is 1. The summed E-state index contributed by atoms with van der Waals surface area (Å²) in [7, 11) is 0. The van der Waals surface area contributed by atoms with Gasteiger partial charge >= 0.3 is 18.2 Å². The first-order valence-electron chi connectivity index (χ1n) is 7.35. The van der Waals surface area contributed by atoms with Crippen molar-refractivity contribution in [2.75, 3.05) is 26.2 Å². The third kappa shape index (κ3) is 5.37. The monoisotopic (exact) mass is 359 g/mol. The number of carboxylic acids is 1. The van der Waals surface area contributed by atoms with Crippen molar-refractivity contribution in [1.29, 1.82) is 0 Å². The van der Waals surface area contributed by atoms with E-state index >= 15 is 0 Å². The standard InChI is InChI=1S/C15H16F3N3O4/c16-15(17,18)9-21-6-5-20(8-12(21)22)14(25)19-7-10-1-3-11(4-2-10)13(23)24/h1-4H,5-9H2,(H,19,25)(H,23,24). The lowest BCUT2D eigenvalue weighted by atomic mass is 10.1. The average molecular weight is 359 g/mol. The van der Waals surface area contributed by atoms with Crippen molar-refractivity contribution in [3.63, 3.8) is 0 Å². The first kappa shape index (κ1) is 18.6. The molecule has 0 saturated carbocycles. The number of hydrogen-bond acceptors (Lipinski definition) is 3. The van der Waals surface area contributed by atoms with Gasteiger partial charge < -0.3 is 20.2 Å². The Balaban J connectivity index is 1.84. The summed E-state index contributed by atoms with van der Waals surface area (Å²) < 4.78 is 37.0. The van der Waals surface area contributed by atoms with E-state index in [1.807, 2.05) is 0 Å². The molecule has 2 N–H and O–H groups in total. The Kier molecular flexibility index (Phi) is 5.50. The van der Waals surface area contributed by atoms with Gasteiger partial charge in [-0.05, 0) is 17.7 Å². The van der Waals surface area contributed by atoms with Crippen LogP contribution < -0.4 is 5.32 Å². The van der Waals surface area contributed by atoms with Gasteiger partial charge in [0.25, 0.3) is 0 Å². The second-order valence-corrected chi connectivity index (χ2v) is 5.51. The van der Waals surface area contributed by atoms with Gasteiger partial charge in [0.1, 0.15) is 13.1 Å². The fourth-order valence-corrected chi connectivity index (χ4v) is 2.32. The minimum absolute atomic E-state index is 0.00556. The fraction of sp³-hybridized carbons (Fsp3) is 0.400. The summed E-state index contributed by atoms with van der Waals surface area (Å²) in [5, 5.41) is 11.3. The number of hydrogen-bond donors (Lipinski definition) is 2. The molecule has 136 valence electrons. The largest absolute Gasteiger partial charge is 0.478 e. The number of nitrogens with zero attached hydrogens (tertiary/aromatic N) is 2. The zero-order valence-corrected chi connectivity index (χ0v) is 13.0. The van der Waals surface area contributed by atoms with Crippen LogP contribution >= 0.6 is 0 Å². The Labute approximate surface area is 141 Å². The van der Waals surface area contributed by atoms with E-state index in [-0.39, 0.29) is 25.2 Å². The van der Waals surface area contributed by atoms with E-state index in [1.165, 1.54) is 24.3 Å². The minimum Gasteiger partial charge on any atom is -0.478 e. The number of piperazine rings is 1. The third-order valence-corrected chi connectivity index (χ3v) is 3.62. The van der Waals surface area contributed by atoms with E-state index in [1.54, 1.807) is 0 Å². The van der Waals surface area contributed by atoms with E-state index in [0.717, 1.165) is 4.90 Å². The van der Waals surface area contributed by atoms with Crippen LogP contribution in [0.3, 0.4) is 0 Å². The molecule has 0 aromatic heterocycles. The Morgan fingerprint density at radius 3 is 2.32 bits per heavy atom. The van der Waals surface area contributed by atoms with Gasteiger partial charge in [0, 0.05) is 19.6 Å². The van der Waals surface area contributed by atoms with E-state index in [2.05, 4.69) is 5.32 Å². The van der Waals surface area contributed by atoms with E-state index in [0.29, 0.717) is 10.5 Å². The lowest BCUT2D eigenvalue weighted by molar-refractivity contribution is -0.164. The van der Waals surface area contributed by atoms with Crippen molar-refractivity contribution in [2.45, 2.75) is 12.7 Å². The molecule has 0 atom stereocenters. The van der Waals surface area contributed by atoms with Gasteiger partial charge in [-0.25, -0.2) is 9.59 Å². The predicted molar refractivity (Wildman–Crippen MR) is 79.8 cm³/mol. The molecular weight excluding hydrogens is 343 g/mol. The molecule has 1 aliphatic heterocycles. The normalized spacial score (nSPS) is 15.2. The number of benzene rings is 1. The fourth-order valence-electron chi connectivity index (χ4n) is 2.32. The van der Waals surface area contributed by atoms with Crippen molar-refractivity contribution < 1.29 is 32.7 Å². The molecule has 3 amide bonds. The van der Waals surface area contributed by atoms with Gasteiger partial charge in [0.05, 0.1) is 5.56 Å². The highest BCUT2D eigenvalue weighted by atomic mass is 19.4. The quantitative estimate of drug-likeness (QED) is 0.848. The molecule has 0 bridgehead atoms. The zero-order valence-electron chi connectivity index (χ0n) is 13.0. The molecule has 0 unspecified atom stereocenters. The lowest BCUT2D eigenvalue weighted by Gasteiger charge is -2.34. The molecule has 0 radical (unpaired) electrons. The number of nitrogens with one attached hydrogen (secondary N) is 1. The van der Waals surface area contributed by atoms with Crippen LogP contribution in [0.1, 0.15) is 15.9 Å². The maximum Gasteiger partial charge on any atom is 0.406 e. The number of aromatic carboxylic acids is 1. The highest BCUT2D eigenvalue weighted by molar-refractivity contribution is 5.87. The van der Waals surface area contributed by atoms with Crippen LogP contribution in [0.4, 0.5) is 18.0 Å². The Bertz CT molecular complexity index is 661. The van der Waals surface area contributed by atoms with Gasteiger partial charge in [0.2, 0.25) is 5.91 Å². The van der Waals surface area contributed by atoms with Crippen LogP contribution in [0.2, 0.25) is 0 Å². The van der Waals surface area contributed by atoms with Crippen LogP contribution in [0.25, 0.3) is 0 Å². The molecule has 2 rings (SSSR count). The predicted octanol–water partition coefficient (Wildman–Crippen LogP) is 1.30. The number of halogens is 3. The molecule has 7 nitrogen and oxygen atoms in total. The number of amides is 3. The van der Waals surface area contributed by atoms with Crippen molar-refractivity contribution in [3.8, 4) is 0 Å². The Morgan fingerprint density at radius 2 is 1.80 bits per heavy atom. The summed E-state index contributed by atoms with van der Waals surface area (Å²) in [5.74, 6) is -1.82. The molecule has 1 aliphatic rings. The van der Waals surface area contributed by atoms with Crippen molar-refractivity contribution in [1.82, 2.24) is 15.1 Å². The average Bonchev–Trinajstić information content (AvgIpc) is 2.53. The maximum absolute atomic E-state index is 12.3. The number of carbonyl (C=O) groups excluding carboxylic acids is 2. The molecule has 0 spiro atoms. The molecule has 0 aliphatic carbocycles. The van der Waals surface area contributed by atoms with Gasteiger partial charge in [0.15, 0.2) is 0 Å². The Hall–Kier alpha value is -2.78. The molecule has 1 saturated heterocycles. The topological polar surface area (TPSA) is 89.9 Å². The van der Waals surface area contributed by atoms with Gasteiger partial charge in [-0.1, -0.05) is 12.1 Å². The van der Waals surface area contributed by atoms with E-state index in [9.17, 15) is 27.6 Å². The number of carbonyl (C=O) groups is 3. The lowest BCUT2D eigenvalue weighted by Crippen LogP contribution is -2.56. The number of alkyl halides is 3. The summed E-state index contributed by atoms with van der Waals surface area (Å²) in [5.41, 5.74) is 0.766. The first-order chi connectivity index (χ1) is 11.7. The zero-order chi connectivity index (χ0) is 18.6. The van der Waals surface area contributed by atoms with Crippen molar-refractivity contribution >= 4 is 17.9 Å². The van der Waals surface area contributed by atoms with Crippen LogP contribution in [0, 0.1) is 0 Å². The second-order valence-electron chi connectivity index (χ2n) is 5.51. The summed E-state index contributed by atoms with van der Waals surface area (Å²) >= 11 is 0. The van der Waals surface area contributed by atoms with Crippen LogP contribution in [0.15, 0.2) is 24.3 Å². The van der Waals surface area contributed by atoms with E-state index in [4.69, 9.17) is 5.11 Å². The summed E-state index contributed by atoms with van der Waals surface area (Å²) in [6.45, 7) is -1.81. The van der Waals surface area contributed by atoms with Crippen molar-refractivity contribution in [2.24, 2.45) is 0 Å². The molecule has 1 aromatic carbocycles. The molecule has 25 heavy (non-hydrogen) atoms. The molecule has 1 heterocycles. The van der Waals surface area contributed by atoms with Crippen LogP contribution in [-0.4, -0.2) is 65.2 Å². The van der Waals surface area contributed by atoms with Crippen molar-refractivity contribution in [3.05, 3.63) is 35.4 Å². The highest BCUT2D eigenvalue weighted by Crippen LogP contribution is 2.18. The Morgan fingerprint density at radius 1 is 1.16 bits per heavy atom. The number of rotatable bonds is 4. The van der Waals surface area contributed by atoms with Gasteiger partial charge in [-0.15, -0.1) is 0 Å². The van der Waals surface area contributed by atoms with E-state index < -0.39 is 37.2 Å².